The smallest absolute Gasteiger partial charge is 0.185 e. The summed E-state index contributed by atoms with van der Waals surface area (Å²) in [5.41, 5.74) is 2.22. The third kappa shape index (κ3) is 5.20. The van der Waals surface area contributed by atoms with Gasteiger partial charge in [-0.25, -0.2) is 5.84 Å². The molecule has 4 heteroatoms. The van der Waals surface area contributed by atoms with Crippen molar-refractivity contribution in [1.29, 1.82) is 0 Å². The standard InChI is InChI=1S/C21H31N3O/c1-5-12-24(22)19(20(25)21(2,3)4)16-17-10-9-11-18(15-17)23-13-7-6-8-14-23/h5,9-12,15-16H,6-8,13-14,22H2,1-4H3/b12-5-,19-16-. The van der Waals surface area contributed by atoms with Crippen LogP contribution in [0.1, 0.15) is 52.5 Å². The molecular weight excluding hydrogens is 310 g/mol. The van der Waals surface area contributed by atoms with E-state index < -0.39 is 5.41 Å². The van der Waals surface area contributed by atoms with Crippen molar-refractivity contribution in [2.45, 2.75) is 47.0 Å². The highest BCUT2D eigenvalue weighted by Gasteiger charge is 2.27. The molecule has 136 valence electrons. The van der Waals surface area contributed by atoms with Gasteiger partial charge in [-0.05, 0) is 50.0 Å². The number of rotatable bonds is 5. The molecule has 0 bridgehead atoms. The zero-order valence-corrected chi connectivity index (χ0v) is 16.0. The van der Waals surface area contributed by atoms with E-state index in [0.717, 1.165) is 18.7 Å². The predicted molar refractivity (Wildman–Crippen MR) is 106 cm³/mol. The SMILES string of the molecule is C/C=C\N(N)/C(=C\c1cccc(N2CCCCC2)c1)C(=O)C(C)(C)C. The minimum absolute atomic E-state index is 0.0245. The van der Waals surface area contributed by atoms with Crippen molar-refractivity contribution in [2.75, 3.05) is 18.0 Å². The van der Waals surface area contributed by atoms with Gasteiger partial charge in [-0.2, -0.15) is 0 Å². The van der Waals surface area contributed by atoms with Gasteiger partial charge in [0.05, 0.1) is 0 Å². The van der Waals surface area contributed by atoms with Crippen LogP contribution < -0.4 is 10.7 Å². The number of anilines is 1. The number of piperidine rings is 1. The highest BCUT2D eigenvalue weighted by Crippen LogP contribution is 2.25. The summed E-state index contributed by atoms with van der Waals surface area (Å²) < 4.78 is 0. The van der Waals surface area contributed by atoms with Crippen LogP contribution in [0.2, 0.25) is 0 Å². The fraction of sp³-hybridized carbons (Fsp3) is 0.476. The molecule has 1 aliphatic rings. The number of Topliss-reactive ketones (excluding diaryl/α,β-unsaturated/α-hetero) is 1. The van der Waals surface area contributed by atoms with E-state index in [1.165, 1.54) is 30.0 Å². The Balaban J connectivity index is 2.36. The van der Waals surface area contributed by atoms with E-state index in [-0.39, 0.29) is 5.78 Å². The van der Waals surface area contributed by atoms with Crippen molar-refractivity contribution in [3.05, 3.63) is 47.8 Å². The molecule has 1 aromatic carbocycles. The van der Waals surface area contributed by atoms with E-state index in [2.05, 4.69) is 17.0 Å². The first kappa shape index (κ1) is 19.3. The van der Waals surface area contributed by atoms with Gasteiger partial charge in [0.2, 0.25) is 0 Å². The van der Waals surface area contributed by atoms with Gasteiger partial charge in [0, 0.05) is 30.4 Å². The fourth-order valence-corrected chi connectivity index (χ4v) is 3.00. The van der Waals surface area contributed by atoms with Gasteiger partial charge in [-0.3, -0.25) is 9.80 Å². The molecule has 0 unspecified atom stereocenters. The molecule has 4 nitrogen and oxygen atoms in total. The monoisotopic (exact) mass is 341 g/mol. The number of nitrogens with zero attached hydrogens (tertiary/aromatic N) is 2. The number of hydrazine groups is 1. The van der Waals surface area contributed by atoms with E-state index in [1.54, 1.807) is 6.20 Å². The van der Waals surface area contributed by atoms with Gasteiger partial charge in [0.15, 0.2) is 5.78 Å². The zero-order chi connectivity index (χ0) is 18.4. The molecule has 1 heterocycles. The van der Waals surface area contributed by atoms with Crippen LogP contribution in [0.3, 0.4) is 0 Å². The Hall–Kier alpha value is -2.07. The minimum atomic E-state index is -0.491. The summed E-state index contributed by atoms with van der Waals surface area (Å²) in [5, 5.41) is 1.42. The molecule has 25 heavy (non-hydrogen) atoms. The van der Waals surface area contributed by atoms with Gasteiger partial charge in [-0.1, -0.05) is 39.0 Å². The van der Waals surface area contributed by atoms with Gasteiger partial charge < -0.3 is 4.90 Å². The van der Waals surface area contributed by atoms with Crippen LogP contribution in [0.25, 0.3) is 6.08 Å². The Labute approximate surface area is 152 Å². The number of nitrogens with two attached hydrogens (primary N) is 1. The van der Waals surface area contributed by atoms with Gasteiger partial charge in [0.25, 0.3) is 0 Å². The predicted octanol–water partition coefficient (Wildman–Crippen LogP) is 4.34. The first-order chi connectivity index (χ1) is 11.8. The van der Waals surface area contributed by atoms with Crippen LogP contribution in [0, 0.1) is 5.41 Å². The number of allylic oxidation sites excluding steroid dienone is 2. The molecule has 1 saturated heterocycles. The topological polar surface area (TPSA) is 49.6 Å². The molecule has 0 spiro atoms. The third-order valence-corrected chi connectivity index (χ3v) is 4.40. The highest BCUT2D eigenvalue weighted by atomic mass is 16.1. The van der Waals surface area contributed by atoms with E-state index in [9.17, 15) is 4.79 Å². The lowest BCUT2D eigenvalue weighted by Crippen LogP contribution is -2.34. The number of ketones is 1. The Morgan fingerprint density at radius 1 is 1.20 bits per heavy atom. The summed E-state index contributed by atoms with van der Waals surface area (Å²) in [5.74, 6) is 6.13. The summed E-state index contributed by atoms with van der Waals surface area (Å²) in [6, 6.07) is 8.35. The molecule has 1 fully saturated rings. The number of benzene rings is 1. The largest absolute Gasteiger partial charge is 0.372 e. The van der Waals surface area contributed by atoms with Crippen molar-refractivity contribution in [2.24, 2.45) is 11.3 Å². The first-order valence-electron chi connectivity index (χ1n) is 9.11. The van der Waals surface area contributed by atoms with Crippen molar-refractivity contribution >= 4 is 17.5 Å². The number of carbonyl (C=O) groups excluding carboxylic acids is 1. The molecule has 0 atom stereocenters. The first-order valence-corrected chi connectivity index (χ1v) is 9.11. The van der Waals surface area contributed by atoms with Gasteiger partial charge >= 0.3 is 0 Å². The normalized spacial score (nSPS) is 16.4. The maximum atomic E-state index is 12.8. The zero-order valence-electron chi connectivity index (χ0n) is 16.0. The number of carbonyl (C=O) groups is 1. The van der Waals surface area contributed by atoms with Crippen LogP contribution in [-0.4, -0.2) is 23.9 Å². The lowest BCUT2D eigenvalue weighted by molar-refractivity contribution is -0.123. The molecule has 0 aliphatic carbocycles. The third-order valence-electron chi connectivity index (χ3n) is 4.40. The Kier molecular flexibility index (Phi) is 6.43. The summed E-state index contributed by atoms with van der Waals surface area (Å²) in [7, 11) is 0. The average molecular weight is 341 g/mol. The number of hydrogen-bond acceptors (Lipinski definition) is 4. The van der Waals surface area contributed by atoms with Gasteiger partial charge in [-0.15, -0.1) is 0 Å². The van der Waals surface area contributed by atoms with E-state index in [1.807, 2.05) is 52.0 Å². The summed E-state index contributed by atoms with van der Waals surface area (Å²) >= 11 is 0. The Morgan fingerprint density at radius 2 is 1.88 bits per heavy atom. The fourth-order valence-electron chi connectivity index (χ4n) is 3.00. The van der Waals surface area contributed by atoms with Crippen LogP contribution in [0.4, 0.5) is 5.69 Å². The molecule has 2 N–H and O–H groups in total. The maximum Gasteiger partial charge on any atom is 0.185 e. The molecular formula is C21H31N3O. The molecule has 1 aliphatic heterocycles. The minimum Gasteiger partial charge on any atom is -0.372 e. The van der Waals surface area contributed by atoms with E-state index in [0.29, 0.717) is 5.70 Å². The molecule has 1 aromatic rings. The summed E-state index contributed by atoms with van der Waals surface area (Å²) in [4.78, 5) is 15.3. The van der Waals surface area contributed by atoms with E-state index >= 15 is 0 Å². The summed E-state index contributed by atoms with van der Waals surface area (Å²) in [6.07, 6.45) is 9.22. The van der Waals surface area contributed by atoms with E-state index in [4.69, 9.17) is 5.84 Å². The Bertz CT molecular complexity index is 649. The maximum absolute atomic E-state index is 12.8. The quantitative estimate of drug-likeness (QED) is 0.492. The van der Waals surface area contributed by atoms with Crippen LogP contribution >= 0.6 is 0 Å². The lowest BCUT2D eigenvalue weighted by atomic mass is 9.88. The van der Waals surface area contributed by atoms with Crippen LogP contribution in [0.5, 0.6) is 0 Å². The molecule has 0 amide bonds. The van der Waals surface area contributed by atoms with Crippen molar-refractivity contribution < 1.29 is 4.79 Å². The molecule has 0 radical (unpaired) electrons. The second-order valence-electron chi connectivity index (χ2n) is 7.64. The Morgan fingerprint density at radius 3 is 2.48 bits per heavy atom. The van der Waals surface area contributed by atoms with Gasteiger partial charge in [0.1, 0.15) is 5.70 Å². The molecule has 0 saturated carbocycles. The molecule has 2 rings (SSSR count). The second-order valence-corrected chi connectivity index (χ2v) is 7.64. The summed E-state index contributed by atoms with van der Waals surface area (Å²) in [6.45, 7) is 9.82. The highest BCUT2D eigenvalue weighted by molar-refractivity contribution is 6.02. The second kappa shape index (κ2) is 8.34. The van der Waals surface area contributed by atoms with Crippen LogP contribution in [0.15, 0.2) is 42.2 Å². The van der Waals surface area contributed by atoms with Crippen molar-refractivity contribution in [3.8, 4) is 0 Å². The molecule has 0 aromatic heterocycles. The van der Waals surface area contributed by atoms with Crippen molar-refractivity contribution in [1.82, 2.24) is 5.01 Å². The number of hydrogen-bond donors (Lipinski definition) is 1. The van der Waals surface area contributed by atoms with Crippen molar-refractivity contribution in [3.63, 3.8) is 0 Å². The average Bonchev–Trinajstić information content (AvgIpc) is 2.59. The lowest BCUT2D eigenvalue weighted by Gasteiger charge is -2.29. The van der Waals surface area contributed by atoms with Crippen LogP contribution in [-0.2, 0) is 4.79 Å².